The van der Waals surface area contributed by atoms with Crippen LogP contribution in [0, 0.1) is 5.41 Å². The summed E-state index contributed by atoms with van der Waals surface area (Å²) >= 11 is 5.88. The zero-order valence-corrected chi connectivity index (χ0v) is 18.7. The van der Waals surface area contributed by atoms with E-state index in [-0.39, 0.29) is 17.3 Å². The number of aromatic nitrogens is 2. The molecule has 0 bridgehead atoms. The van der Waals surface area contributed by atoms with Gasteiger partial charge in [0.2, 0.25) is 0 Å². The van der Waals surface area contributed by atoms with Gasteiger partial charge in [-0.2, -0.15) is 5.10 Å². The molecular formula is C23H23ClN6O3. The predicted octanol–water partition coefficient (Wildman–Crippen LogP) is 3.24. The summed E-state index contributed by atoms with van der Waals surface area (Å²) in [5.41, 5.74) is 1.92. The lowest BCUT2D eigenvalue weighted by Gasteiger charge is -2.29. The molecule has 0 unspecified atom stereocenters. The predicted molar refractivity (Wildman–Crippen MR) is 126 cm³/mol. The van der Waals surface area contributed by atoms with Crippen molar-refractivity contribution in [1.29, 1.82) is 5.41 Å². The van der Waals surface area contributed by atoms with E-state index in [2.05, 4.69) is 15.7 Å². The number of aryl methyl sites for hydroxylation is 1. The molecule has 2 amide bonds. The normalized spacial score (nSPS) is 13.5. The van der Waals surface area contributed by atoms with Crippen LogP contribution in [0.4, 0.5) is 11.5 Å². The highest BCUT2D eigenvalue weighted by atomic mass is 35.5. The fourth-order valence-electron chi connectivity index (χ4n) is 3.41. The van der Waals surface area contributed by atoms with E-state index >= 15 is 0 Å². The standard InChI is InChI=1S/C23H23ClN6O3/c1-29-21(19(14-26-29)23(32)27-18-8-6-17(24)7-9-18)28-22(31)16-4-2-15(3-5-16)20(25)30-10-12-33-13-11-30/h2-9,14,25H,10-13H2,1H3,(H,27,32)(H,28,31). The summed E-state index contributed by atoms with van der Waals surface area (Å²) in [5, 5.41) is 18.6. The molecule has 33 heavy (non-hydrogen) atoms. The maximum atomic E-state index is 12.8. The highest BCUT2D eigenvalue weighted by molar-refractivity contribution is 6.30. The Morgan fingerprint density at radius 1 is 0.970 bits per heavy atom. The van der Waals surface area contributed by atoms with Crippen molar-refractivity contribution in [2.45, 2.75) is 0 Å². The monoisotopic (exact) mass is 466 g/mol. The number of amides is 2. The molecule has 0 saturated carbocycles. The lowest BCUT2D eigenvalue weighted by atomic mass is 10.1. The highest BCUT2D eigenvalue weighted by Gasteiger charge is 2.20. The number of nitrogens with one attached hydrogen (secondary N) is 3. The Hall–Kier alpha value is -3.69. The molecule has 3 aromatic rings. The average Bonchev–Trinajstić information content (AvgIpc) is 3.20. The molecule has 9 nitrogen and oxygen atoms in total. The quantitative estimate of drug-likeness (QED) is 0.394. The fourth-order valence-corrected chi connectivity index (χ4v) is 3.54. The number of hydrogen-bond acceptors (Lipinski definition) is 5. The SMILES string of the molecule is Cn1ncc(C(=O)Nc2ccc(Cl)cc2)c1NC(=O)c1ccc(C(=N)N2CCOCC2)cc1. The number of ether oxygens (including phenoxy) is 1. The number of nitrogens with zero attached hydrogens (tertiary/aromatic N) is 3. The third-order valence-corrected chi connectivity index (χ3v) is 5.52. The minimum Gasteiger partial charge on any atom is -0.378 e. The number of hydrogen-bond donors (Lipinski definition) is 3. The Labute approximate surface area is 195 Å². The summed E-state index contributed by atoms with van der Waals surface area (Å²) in [4.78, 5) is 27.5. The Balaban J connectivity index is 1.45. The second-order valence-electron chi connectivity index (χ2n) is 7.47. The molecule has 10 heteroatoms. The molecule has 0 aliphatic carbocycles. The van der Waals surface area contributed by atoms with Gasteiger partial charge in [-0.05, 0) is 36.4 Å². The molecule has 1 fully saturated rings. The van der Waals surface area contributed by atoms with Gasteiger partial charge in [-0.1, -0.05) is 23.7 Å². The molecule has 170 valence electrons. The average molecular weight is 467 g/mol. The third kappa shape index (κ3) is 5.21. The van der Waals surface area contributed by atoms with Gasteiger partial charge in [0.25, 0.3) is 11.8 Å². The number of carbonyl (C=O) groups excluding carboxylic acids is 2. The smallest absolute Gasteiger partial charge is 0.261 e. The summed E-state index contributed by atoms with van der Waals surface area (Å²) in [6.07, 6.45) is 1.40. The molecule has 1 aliphatic rings. The molecule has 1 aromatic heterocycles. The van der Waals surface area contributed by atoms with Crippen molar-refractivity contribution in [1.82, 2.24) is 14.7 Å². The molecule has 4 rings (SSSR count). The summed E-state index contributed by atoms with van der Waals surface area (Å²) in [7, 11) is 1.64. The van der Waals surface area contributed by atoms with Crippen molar-refractivity contribution in [3.8, 4) is 0 Å². The van der Waals surface area contributed by atoms with E-state index < -0.39 is 5.91 Å². The number of benzene rings is 2. The molecule has 1 saturated heterocycles. The Morgan fingerprint density at radius 3 is 2.27 bits per heavy atom. The van der Waals surface area contributed by atoms with Gasteiger partial charge in [-0.15, -0.1) is 0 Å². The van der Waals surface area contributed by atoms with Crippen molar-refractivity contribution >= 4 is 40.8 Å². The van der Waals surface area contributed by atoms with Gasteiger partial charge in [-0.25, -0.2) is 0 Å². The van der Waals surface area contributed by atoms with Crippen molar-refractivity contribution < 1.29 is 14.3 Å². The zero-order chi connectivity index (χ0) is 23.4. The van der Waals surface area contributed by atoms with Crippen LogP contribution in [0.1, 0.15) is 26.3 Å². The summed E-state index contributed by atoms with van der Waals surface area (Å²) in [6.45, 7) is 2.54. The van der Waals surface area contributed by atoms with Crippen molar-refractivity contribution in [2.75, 3.05) is 36.9 Å². The summed E-state index contributed by atoms with van der Waals surface area (Å²) in [5.74, 6) is -0.117. The number of amidine groups is 1. The first-order valence-corrected chi connectivity index (χ1v) is 10.7. The van der Waals surface area contributed by atoms with Gasteiger partial charge in [0.15, 0.2) is 0 Å². The number of carbonyl (C=O) groups is 2. The van der Waals surface area contributed by atoms with Gasteiger partial charge in [0.05, 0.1) is 19.4 Å². The Kier molecular flexibility index (Phi) is 6.71. The van der Waals surface area contributed by atoms with Crippen LogP contribution < -0.4 is 10.6 Å². The number of rotatable bonds is 5. The van der Waals surface area contributed by atoms with Gasteiger partial charge in [0, 0.05) is 42.0 Å². The van der Waals surface area contributed by atoms with Crippen LogP contribution in [-0.4, -0.2) is 58.6 Å². The minimum absolute atomic E-state index is 0.228. The molecule has 2 heterocycles. The first kappa shape index (κ1) is 22.5. The van der Waals surface area contributed by atoms with E-state index in [1.54, 1.807) is 55.6 Å². The Bertz CT molecular complexity index is 1170. The van der Waals surface area contributed by atoms with E-state index in [1.807, 2.05) is 4.90 Å². The van der Waals surface area contributed by atoms with Crippen LogP contribution in [0.25, 0.3) is 0 Å². The zero-order valence-electron chi connectivity index (χ0n) is 18.0. The van der Waals surface area contributed by atoms with Crippen LogP contribution in [-0.2, 0) is 11.8 Å². The number of halogens is 1. The second-order valence-corrected chi connectivity index (χ2v) is 7.91. The van der Waals surface area contributed by atoms with Crippen LogP contribution in [0.5, 0.6) is 0 Å². The Morgan fingerprint density at radius 2 is 1.61 bits per heavy atom. The van der Waals surface area contributed by atoms with E-state index in [4.69, 9.17) is 21.7 Å². The third-order valence-electron chi connectivity index (χ3n) is 5.27. The topological polar surface area (TPSA) is 112 Å². The fraction of sp³-hybridized carbons (Fsp3) is 0.217. The lowest BCUT2D eigenvalue weighted by molar-refractivity contribution is 0.0680. The van der Waals surface area contributed by atoms with E-state index in [0.29, 0.717) is 48.4 Å². The van der Waals surface area contributed by atoms with E-state index in [1.165, 1.54) is 10.9 Å². The first-order valence-electron chi connectivity index (χ1n) is 10.3. The van der Waals surface area contributed by atoms with Crippen molar-refractivity contribution in [3.63, 3.8) is 0 Å². The van der Waals surface area contributed by atoms with Gasteiger partial charge < -0.3 is 20.3 Å². The largest absolute Gasteiger partial charge is 0.378 e. The first-order chi connectivity index (χ1) is 15.9. The van der Waals surface area contributed by atoms with Crippen LogP contribution in [0.15, 0.2) is 54.7 Å². The van der Waals surface area contributed by atoms with Crippen LogP contribution in [0.3, 0.4) is 0 Å². The van der Waals surface area contributed by atoms with Crippen molar-refractivity contribution in [3.05, 3.63) is 76.4 Å². The molecule has 0 radical (unpaired) electrons. The summed E-state index contributed by atoms with van der Waals surface area (Å²) < 4.78 is 6.76. The van der Waals surface area contributed by atoms with E-state index in [0.717, 1.165) is 5.56 Å². The van der Waals surface area contributed by atoms with Crippen LogP contribution in [0.2, 0.25) is 5.02 Å². The molecule has 0 spiro atoms. The van der Waals surface area contributed by atoms with Gasteiger partial charge in [-0.3, -0.25) is 19.7 Å². The molecule has 2 aromatic carbocycles. The maximum absolute atomic E-state index is 12.8. The molecule has 0 atom stereocenters. The van der Waals surface area contributed by atoms with Gasteiger partial charge >= 0.3 is 0 Å². The van der Waals surface area contributed by atoms with E-state index in [9.17, 15) is 9.59 Å². The molecular weight excluding hydrogens is 444 g/mol. The maximum Gasteiger partial charge on any atom is 0.261 e. The number of anilines is 2. The minimum atomic E-state index is -0.407. The lowest BCUT2D eigenvalue weighted by Crippen LogP contribution is -2.40. The van der Waals surface area contributed by atoms with Crippen LogP contribution >= 0.6 is 11.6 Å². The molecule has 1 aliphatic heterocycles. The van der Waals surface area contributed by atoms with Gasteiger partial charge in [0.1, 0.15) is 17.2 Å². The highest BCUT2D eigenvalue weighted by Crippen LogP contribution is 2.19. The summed E-state index contributed by atoms with van der Waals surface area (Å²) in [6, 6.07) is 13.5. The number of morpholine rings is 1. The van der Waals surface area contributed by atoms with Crippen molar-refractivity contribution in [2.24, 2.45) is 7.05 Å². The second kappa shape index (κ2) is 9.85. The molecule has 3 N–H and O–H groups in total.